The third-order valence-corrected chi connectivity index (χ3v) is 7.41. The minimum atomic E-state index is -1.12. The van der Waals surface area contributed by atoms with Crippen molar-refractivity contribution in [2.45, 2.75) is 44.9 Å². The predicted octanol–water partition coefficient (Wildman–Crippen LogP) is 4.92. The first kappa shape index (κ1) is 25.2. The van der Waals surface area contributed by atoms with Gasteiger partial charge in [0.15, 0.2) is 0 Å². The van der Waals surface area contributed by atoms with Crippen LogP contribution in [0.4, 0.5) is 4.39 Å². The summed E-state index contributed by atoms with van der Waals surface area (Å²) in [5, 5.41) is 19.8. The maximum absolute atomic E-state index is 14.8. The molecule has 194 valence electrons. The van der Waals surface area contributed by atoms with Crippen LogP contribution in [0.2, 0.25) is 0 Å². The number of benzene rings is 2. The Bertz CT molecular complexity index is 1310. The van der Waals surface area contributed by atoms with Crippen molar-refractivity contribution in [2.24, 2.45) is 5.92 Å². The number of pyridine rings is 1. The van der Waals surface area contributed by atoms with Gasteiger partial charge in [0.05, 0.1) is 25.3 Å². The lowest BCUT2D eigenvalue weighted by Gasteiger charge is -2.32. The molecule has 3 heterocycles. The molecule has 1 fully saturated rings. The molecule has 0 aliphatic carbocycles. The standard InChI is InChI=1S/C29H31FN2O5/c1-17(29(34)35)28(33)20-5-4-18-7-9-25(37-26(18)13-20)19-6-8-22(21(12-19)16-32-10-3-11-32)23-14-27(36-2)31-15-24(23)30/h4-6,8,12-15,17,25,28,33H,3,7,9-11,16H2,1-2H3,(H,34,35)/t17-,25?,28+/m0/s1. The fourth-order valence-corrected chi connectivity index (χ4v) is 4.95. The van der Waals surface area contributed by atoms with Crippen LogP contribution in [-0.4, -0.2) is 46.3 Å². The molecule has 0 saturated carbocycles. The zero-order valence-corrected chi connectivity index (χ0v) is 21.0. The van der Waals surface area contributed by atoms with Crippen molar-refractivity contribution in [3.63, 3.8) is 0 Å². The van der Waals surface area contributed by atoms with E-state index in [-0.39, 0.29) is 6.10 Å². The van der Waals surface area contributed by atoms with Crippen LogP contribution in [0.5, 0.6) is 11.6 Å². The molecule has 2 aromatic carbocycles. The molecule has 3 atom stereocenters. The van der Waals surface area contributed by atoms with E-state index in [1.807, 2.05) is 18.2 Å². The Hall–Kier alpha value is -3.49. The highest BCUT2D eigenvalue weighted by Gasteiger charge is 2.27. The molecule has 1 saturated heterocycles. The summed E-state index contributed by atoms with van der Waals surface area (Å²) in [4.78, 5) is 17.6. The number of ether oxygens (including phenoxy) is 2. The van der Waals surface area contributed by atoms with Gasteiger partial charge in [-0.1, -0.05) is 30.3 Å². The Morgan fingerprint density at radius 3 is 2.73 bits per heavy atom. The average molecular weight is 507 g/mol. The van der Waals surface area contributed by atoms with Crippen LogP contribution in [0.15, 0.2) is 48.7 Å². The van der Waals surface area contributed by atoms with Crippen LogP contribution >= 0.6 is 0 Å². The first-order chi connectivity index (χ1) is 17.8. The Labute approximate surface area is 215 Å². The molecular weight excluding hydrogens is 475 g/mol. The number of rotatable bonds is 8. The van der Waals surface area contributed by atoms with Gasteiger partial charge in [0.25, 0.3) is 0 Å². The molecule has 3 aromatic rings. The lowest BCUT2D eigenvalue weighted by molar-refractivity contribution is -0.145. The lowest BCUT2D eigenvalue weighted by Crippen LogP contribution is -2.36. The molecule has 1 aromatic heterocycles. The minimum absolute atomic E-state index is 0.210. The monoisotopic (exact) mass is 506 g/mol. The normalized spacial score (nSPS) is 18.8. The summed E-state index contributed by atoms with van der Waals surface area (Å²) in [7, 11) is 1.51. The van der Waals surface area contributed by atoms with E-state index in [1.165, 1.54) is 20.2 Å². The number of aliphatic hydroxyl groups excluding tert-OH is 1. The number of halogens is 1. The molecular formula is C29H31FN2O5. The van der Waals surface area contributed by atoms with Crippen molar-refractivity contribution in [1.29, 1.82) is 0 Å². The van der Waals surface area contributed by atoms with Crippen molar-refractivity contribution in [3.8, 4) is 22.8 Å². The van der Waals surface area contributed by atoms with Crippen molar-refractivity contribution in [3.05, 3.63) is 76.7 Å². The van der Waals surface area contributed by atoms with E-state index >= 15 is 0 Å². The van der Waals surface area contributed by atoms with E-state index in [2.05, 4.69) is 16.0 Å². The van der Waals surface area contributed by atoms with Gasteiger partial charge in [0.1, 0.15) is 17.7 Å². The smallest absolute Gasteiger partial charge is 0.309 e. The third kappa shape index (κ3) is 5.17. The second-order valence-electron chi connectivity index (χ2n) is 9.84. The number of hydrogen-bond acceptors (Lipinski definition) is 6. The Morgan fingerprint density at radius 2 is 2.03 bits per heavy atom. The molecule has 7 nitrogen and oxygen atoms in total. The van der Waals surface area contributed by atoms with Gasteiger partial charge in [-0.15, -0.1) is 0 Å². The van der Waals surface area contributed by atoms with E-state index in [0.29, 0.717) is 29.3 Å². The summed E-state index contributed by atoms with van der Waals surface area (Å²) in [6, 6.07) is 13.1. The van der Waals surface area contributed by atoms with Gasteiger partial charge in [-0.2, -0.15) is 0 Å². The van der Waals surface area contributed by atoms with Gasteiger partial charge in [-0.05, 0) is 73.2 Å². The van der Waals surface area contributed by atoms with E-state index in [0.717, 1.165) is 54.6 Å². The van der Waals surface area contributed by atoms with Crippen molar-refractivity contribution in [2.75, 3.05) is 20.2 Å². The molecule has 2 aliphatic rings. The number of likely N-dealkylation sites (tertiary alicyclic amines) is 1. The second kappa shape index (κ2) is 10.5. The highest BCUT2D eigenvalue weighted by molar-refractivity contribution is 5.71. The van der Waals surface area contributed by atoms with Crippen LogP contribution in [0.1, 0.15) is 54.2 Å². The number of nitrogens with zero attached hydrogens (tertiary/aromatic N) is 2. The van der Waals surface area contributed by atoms with Crippen LogP contribution in [0.3, 0.4) is 0 Å². The molecule has 37 heavy (non-hydrogen) atoms. The van der Waals surface area contributed by atoms with Crippen molar-refractivity contribution < 1.29 is 28.9 Å². The molecule has 0 radical (unpaired) electrons. The first-order valence-corrected chi connectivity index (χ1v) is 12.6. The number of aryl methyl sites for hydroxylation is 1. The predicted molar refractivity (Wildman–Crippen MR) is 136 cm³/mol. The maximum Gasteiger partial charge on any atom is 0.309 e. The van der Waals surface area contributed by atoms with Gasteiger partial charge in [0.2, 0.25) is 5.88 Å². The number of fused-ring (bicyclic) bond motifs is 1. The van der Waals surface area contributed by atoms with Gasteiger partial charge in [0, 0.05) is 18.2 Å². The quantitative estimate of drug-likeness (QED) is 0.448. The zero-order valence-electron chi connectivity index (χ0n) is 21.0. The molecule has 5 rings (SSSR count). The van der Waals surface area contributed by atoms with Crippen LogP contribution in [0, 0.1) is 11.7 Å². The summed E-state index contributed by atoms with van der Waals surface area (Å²) in [5.74, 6) is -1.37. The molecule has 0 amide bonds. The number of methoxy groups -OCH3 is 1. The fourth-order valence-electron chi connectivity index (χ4n) is 4.95. The van der Waals surface area contributed by atoms with Gasteiger partial charge < -0.3 is 19.7 Å². The number of carboxylic acid groups (broad SMARTS) is 1. The number of carboxylic acids is 1. The van der Waals surface area contributed by atoms with Gasteiger partial charge in [-0.3, -0.25) is 9.69 Å². The van der Waals surface area contributed by atoms with Crippen LogP contribution in [0.25, 0.3) is 11.1 Å². The Morgan fingerprint density at radius 1 is 1.22 bits per heavy atom. The Balaban J connectivity index is 1.45. The third-order valence-electron chi connectivity index (χ3n) is 7.41. The van der Waals surface area contributed by atoms with E-state index in [9.17, 15) is 19.4 Å². The van der Waals surface area contributed by atoms with E-state index < -0.39 is 23.8 Å². The average Bonchev–Trinajstić information content (AvgIpc) is 2.89. The van der Waals surface area contributed by atoms with Crippen molar-refractivity contribution >= 4 is 5.97 Å². The first-order valence-electron chi connectivity index (χ1n) is 12.6. The summed E-state index contributed by atoms with van der Waals surface area (Å²) < 4.78 is 26.4. The van der Waals surface area contributed by atoms with E-state index in [1.54, 1.807) is 18.2 Å². The largest absolute Gasteiger partial charge is 0.485 e. The lowest BCUT2D eigenvalue weighted by atomic mass is 9.90. The molecule has 1 unspecified atom stereocenters. The summed E-state index contributed by atoms with van der Waals surface area (Å²) in [6.45, 7) is 4.22. The molecule has 2 aliphatic heterocycles. The van der Waals surface area contributed by atoms with Crippen LogP contribution in [-0.2, 0) is 17.8 Å². The summed E-state index contributed by atoms with van der Waals surface area (Å²) >= 11 is 0. The highest BCUT2D eigenvalue weighted by atomic mass is 19.1. The SMILES string of the molecule is COc1cc(-c2ccc(C3CCc4ccc([C@H](O)[C@H](C)C(=O)O)cc4O3)cc2CN2CCC2)c(F)cn1. The van der Waals surface area contributed by atoms with E-state index in [4.69, 9.17) is 9.47 Å². The number of hydrogen-bond donors (Lipinski definition) is 2. The number of aromatic nitrogens is 1. The van der Waals surface area contributed by atoms with Gasteiger partial charge in [-0.25, -0.2) is 9.37 Å². The fraction of sp³-hybridized carbons (Fsp3) is 0.379. The second-order valence-corrected chi connectivity index (χ2v) is 9.84. The zero-order chi connectivity index (χ0) is 26.1. The minimum Gasteiger partial charge on any atom is -0.485 e. The van der Waals surface area contributed by atoms with Crippen molar-refractivity contribution in [1.82, 2.24) is 9.88 Å². The number of carbonyl (C=O) groups is 1. The number of aliphatic hydroxyl groups is 1. The highest BCUT2D eigenvalue weighted by Crippen LogP contribution is 2.39. The van der Waals surface area contributed by atoms with Crippen LogP contribution < -0.4 is 9.47 Å². The molecule has 2 N–H and O–H groups in total. The summed E-state index contributed by atoms with van der Waals surface area (Å²) in [6.07, 6.45) is 2.58. The molecule has 8 heteroatoms. The molecule has 0 bridgehead atoms. The maximum atomic E-state index is 14.8. The van der Waals surface area contributed by atoms with Gasteiger partial charge >= 0.3 is 5.97 Å². The Kier molecular flexibility index (Phi) is 7.13. The summed E-state index contributed by atoms with van der Waals surface area (Å²) in [5.41, 5.74) is 4.81. The molecule has 0 spiro atoms. The topological polar surface area (TPSA) is 92.1 Å². The number of aliphatic carboxylic acids is 1.